The van der Waals surface area contributed by atoms with Crippen molar-refractivity contribution in [2.45, 2.75) is 0 Å². The van der Waals surface area contributed by atoms with Gasteiger partial charge in [-0.2, -0.15) is 10.2 Å². The van der Waals surface area contributed by atoms with Crippen LogP contribution in [-0.2, 0) is 0 Å². The summed E-state index contributed by atoms with van der Waals surface area (Å²) < 4.78 is 10.3. The van der Waals surface area contributed by atoms with Crippen molar-refractivity contribution < 1.29 is 9.15 Å². The molecule has 0 saturated carbocycles. The fourth-order valence-electron chi connectivity index (χ4n) is 1.32. The molecule has 1 heterocycles. The Balaban J connectivity index is 2.05. The largest absolute Gasteiger partial charge is 0.496 e. The summed E-state index contributed by atoms with van der Waals surface area (Å²) in [6.07, 6.45) is 4.77. The molecule has 0 N–H and O–H groups in total. The summed E-state index contributed by atoms with van der Waals surface area (Å²) in [7, 11) is 1.62. The van der Waals surface area contributed by atoms with Crippen LogP contribution in [0.2, 0.25) is 0 Å². The molecular formula is C13H12N2O2. The summed E-state index contributed by atoms with van der Waals surface area (Å²) in [5.74, 6) is 1.44. The number of para-hydroxylation sites is 1. The maximum Gasteiger partial charge on any atom is 0.146 e. The third-order valence-corrected chi connectivity index (χ3v) is 2.13. The van der Waals surface area contributed by atoms with Crippen LogP contribution >= 0.6 is 0 Å². The van der Waals surface area contributed by atoms with Crippen LogP contribution in [-0.4, -0.2) is 19.5 Å². The number of methoxy groups -OCH3 is 1. The molecule has 0 bridgehead atoms. The first-order valence-corrected chi connectivity index (χ1v) is 5.13. The number of nitrogens with zero attached hydrogens (tertiary/aromatic N) is 2. The summed E-state index contributed by atoms with van der Waals surface area (Å²) in [5, 5.41) is 7.81. The van der Waals surface area contributed by atoms with Gasteiger partial charge in [0, 0.05) is 5.56 Å². The molecular weight excluding hydrogens is 216 g/mol. The van der Waals surface area contributed by atoms with Crippen molar-refractivity contribution in [3.63, 3.8) is 0 Å². The van der Waals surface area contributed by atoms with E-state index >= 15 is 0 Å². The lowest BCUT2D eigenvalue weighted by Crippen LogP contribution is -1.89. The molecule has 0 fully saturated rings. The van der Waals surface area contributed by atoms with Gasteiger partial charge in [-0.05, 0) is 24.3 Å². The Labute approximate surface area is 99.3 Å². The third kappa shape index (κ3) is 3.04. The van der Waals surface area contributed by atoms with E-state index in [0.29, 0.717) is 5.76 Å². The monoisotopic (exact) mass is 228 g/mol. The van der Waals surface area contributed by atoms with Gasteiger partial charge < -0.3 is 9.15 Å². The van der Waals surface area contributed by atoms with Crippen LogP contribution in [0.3, 0.4) is 0 Å². The summed E-state index contributed by atoms with van der Waals surface area (Å²) in [6.45, 7) is 0. The number of rotatable bonds is 4. The third-order valence-electron chi connectivity index (χ3n) is 2.13. The summed E-state index contributed by atoms with van der Waals surface area (Å²) in [6, 6.07) is 11.2. The first-order chi connectivity index (χ1) is 8.40. The normalized spacial score (nSPS) is 11.4. The highest BCUT2D eigenvalue weighted by atomic mass is 16.5. The predicted octanol–water partition coefficient (Wildman–Crippen LogP) is 2.74. The van der Waals surface area contributed by atoms with Crippen molar-refractivity contribution in [3.8, 4) is 5.75 Å². The Bertz CT molecular complexity index is 516. The number of hydrogen-bond donors (Lipinski definition) is 0. The molecule has 86 valence electrons. The van der Waals surface area contributed by atoms with E-state index in [-0.39, 0.29) is 0 Å². The average Bonchev–Trinajstić information content (AvgIpc) is 2.88. The minimum atomic E-state index is 0.669. The fourth-order valence-corrected chi connectivity index (χ4v) is 1.32. The molecule has 17 heavy (non-hydrogen) atoms. The molecule has 0 radical (unpaired) electrons. The second kappa shape index (κ2) is 5.65. The van der Waals surface area contributed by atoms with Crippen molar-refractivity contribution in [2.75, 3.05) is 7.11 Å². The van der Waals surface area contributed by atoms with E-state index in [4.69, 9.17) is 9.15 Å². The zero-order chi connectivity index (χ0) is 11.9. The maximum atomic E-state index is 5.19. The van der Waals surface area contributed by atoms with Crippen molar-refractivity contribution >= 4 is 12.4 Å². The molecule has 0 aliphatic rings. The van der Waals surface area contributed by atoms with Crippen LogP contribution in [0.1, 0.15) is 11.3 Å². The quantitative estimate of drug-likeness (QED) is 0.596. The van der Waals surface area contributed by atoms with E-state index in [2.05, 4.69) is 10.2 Å². The van der Waals surface area contributed by atoms with E-state index in [1.807, 2.05) is 30.3 Å². The lowest BCUT2D eigenvalue weighted by Gasteiger charge is -2.01. The van der Waals surface area contributed by atoms with Gasteiger partial charge >= 0.3 is 0 Å². The molecule has 0 atom stereocenters. The smallest absolute Gasteiger partial charge is 0.146 e. The number of furan rings is 1. The molecule has 1 aromatic heterocycles. The molecule has 2 rings (SSSR count). The van der Waals surface area contributed by atoms with Gasteiger partial charge in [0.05, 0.1) is 25.8 Å². The molecule has 4 nitrogen and oxygen atoms in total. The van der Waals surface area contributed by atoms with Gasteiger partial charge in [0.2, 0.25) is 0 Å². The van der Waals surface area contributed by atoms with Crippen molar-refractivity contribution in [2.24, 2.45) is 10.2 Å². The second-order valence-corrected chi connectivity index (χ2v) is 3.25. The highest BCUT2D eigenvalue weighted by Crippen LogP contribution is 2.14. The Hall–Kier alpha value is -2.36. The number of hydrogen-bond acceptors (Lipinski definition) is 4. The SMILES string of the molecule is COc1ccccc1/C=N/N=C/c1ccco1. The van der Waals surface area contributed by atoms with Crippen LogP contribution in [0.5, 0.6) is 5.75 Å². The Morgan fingerprint density at radius 3 is 2.65 bits per heavy atom. The van der Waals surface area contributed by atoms with Gasteiger partial charge in [0.1, 0.15) is 11.5 Å². The van der Waals surface area contributed by atoms with Gasteiger partial charge in [-0.1, -0.05) is 12.1 Å². The van der Waals surface area contributed by atoms with Gasteiger partial charge in [0.15, 0.2) is 0 Å². The zero-order valence-corrected chi connectivity index (χ0v) is 9.41. The standard InChI is InChI=1S/C13H12N2O2/c1-16-13-7-3-2-5-11(13)9-14-15-10-12-6-4-8-17-12/h2-10H,1H3/b14-9+,15-10+. The van der Waals surface area contributed by atoms with E-state index in [1.165, 1.54) is 0 Å². The minimum absolute atomic E-state index is 0.669. The first-order valence-electron chi connectivity index (χ1n) is 5.13. The lowest BCUT2D eigenvalue weighted by molar-refractivity contribution is 0.414. The average molecular weight is 228 g/mol. The highest BCUT2D eigenvalue weighted by molar-refractivity contribution is 5.84. The van der Waals surface area contributed by atoms with Crippen LogP contribution in [0.15, 0.2) is 57.3 Å². The molecule has 0 aliphatic carbocycles. The van der Waals surface area contributed by atoms with Gasteiger partial charge in [-0.3, -0.25) is 0 Å². The molecule has 0 spiro atoms. The first kappa shape index (κ1) is 11.1. The second-order valence-electron chi connectivity index (χ2n) is 3.25. The maximum absolute atomic E-state index is 5.19. The van der Waals surface area contributed by atoms with E-state index < -0.39 is 0 Å². The van der Waals surface area contributed by atoms with Crippen LogP contribution in [0.4, 0.5) is 0 Å². The Morgan fingerprint density at radius 2 is 1.88 bits per heavy atom. The zero-order valence-electron chi connectivity index (χ0n) is 9.41. The van der Waals surface area contributed by atoms with Gasteiger partial charge in [-0.25, -0.2) is 0 Å². The summed E-state index contributed by atoms with van der Waals surface area (Å²) >= 11 is 0. The van der Waals surface area contributed by atoms with E-state index in [1.54, 1.807) is 31.9 Å². The van der Waals surface area contributed by atoms with Crippen molar-refractivity contribution in [3.05, 3.63) is 54.0 Å². The molecule has 2 aromatic rings. The summed E-state index contributed by atoms with van der Waals surface area (Å²) in [4.78, 5) is 0. The van der Waals surface area contributed by atoms with Crippen molar-refractivity contribution in [1.82, 2.24) is 0 Å². The van der Waals surface area contributed by atoms with Gasteiger partial charge in [0.25, 0.3) is 0 Å². The number of ether oxygens (including phenoxy) is 1. The van der Waals surface area contributed by atoms with Crippen LogP contribution in [0, 0.1) is 0 Å². The topological polar surface area (TPSA) is 47.1 Å². The molecule has 0 aliphatic heterocycles. The molecule has 0 saturated heterocycles. The molecule has 0 unspecified atom stereocenters. The lowest BCUT2D eigenvalue weighted by atomic mass is 10.2. The Kier molecular flexibility index (Phi) is 3.70. The Morgan fingerprint density at radius 1 is 1.06 bits per heavy atom. The van der Waals surface area contributed by atoms with Crippen LogP contribution < -0.4 is 4.74 Å². The van der Waals surface area contributed by atoms with Gasteiger partial charge in [-0.15, -0.1) is 0 Å². The predicted molar refractivity (Wildman–Crippen MR) is 66.9 cm³/mol. The van der Waals surface area contributed by atoms with Crippen molar-refractivity contribution in [1.29, 1.82) is 0 Å². The molecule has 0 amide bonds. The highest BCUT2D eigenvalue weighted by Gasteiger charge is 1.96. The van der Waals surface area contributed by atoms with Crippen LogP contribution in [0.25, 0.3) is 0 Å². The molecule has 1 aromatic carbocycles. The fraction of sp³-hybridized carbons (Fsp3) is 0.0769. The minimum Gasteiger partial charge on any atom is -0.496 e. The molecule has 4 heteroatoms. The van der Waals surface area contributed by atoms with E-state index in [9.17, 15) is 0 Å². The number of benzene rings is 1. The van der Waals surface area contributed by atoms with E-state index in [0.717, 1.165) is 11.3 Å². The summed E-state index contributed by atoms with van der Waals surface area (Å²) in [5.41, 5.74) is 0.881.